The molecule has 4 amide bonds. The van der Waals surface area contributed by atoms with Crippen molar-refractivity contribution in [3.63, 3.8) is 0 Å². The monoisotopic (exact) mass is 771 g/mol. The third kappa shape index (κ3) is 7.41. The fourth-order valence-corrected chi connectivity index (χ4v) is 9.05. The molecule has 14 heteroatoms. The Hall–Kier alpha value is -5.89. The Labute approximate surface area is 329 Å². The van der Waals surface area contributed by atoms with Gasteiger partial charge in [-0.2, -0.15) is 5.10 Å². The average molecular weight is 772 g/mol. The van der Waals surface area contributed by atoms with Crippen LogP contribution in [0.15, 0.2) is 60.8 Å². The lowest BCUT2D eigenvalue weighted by atomic mass is 9.85. The number of H-pyrrole nitrogens is 1. The maximum absolute atomic E-state index is 15.5. The van der Waals surface area contributed by atoms with Gasteiger partial charge in [-0.05, 0) is 92.6 Å². The molecule has 3 aliphatic heterocycles. The van der Waals surface area contributed by atoms with Gasteiger partial charge in [-0.15, -0.1) is 0 Å². The zero-order valence-electron chi connectivity index (χ0n) is 31.9. The minimum atomic E-state index is -0.516. The minimum Gasteiger partial charge on any atom is -0.369 e. The smallest absolute Gasteiger partial charge is 0.253 e. The predicted molar refractivity (Wildman–Crippen MR) is 213 cm³/mol. The number of aromatic amines is 1. The normalized spacial score (nSPS) is 21.6. The van der Waals surface area contributed by atoms with Gasteiger partial charge in [0.25, 0.3) is 11.8 Å². The fourth-order valence-electron chi connectivity index (χ4n) is 9.05. The number of benzene rings is 2. The fraction of sp³-hybridized carbons (Fsp3) is 0.395. The quantitative estimate of drug-likeness (QED) is 0.166. The van der Waals surface area contributed by atoms with Crippen LogP contribution in [0.4, 0.5) is 10.1 Å². The van der Waals surface area contributed by atoms with E-state index >= 15 is 4.39 Å². The lowest BCUT2D eigenvalue weighted by Gasteiger charge is -2.39. The average Bonchev–Trinajstić information content (AvgIpc) is 3.81. The highest BCUT2D eigenvalue weighted by molar-refractivity contribution is 6.03. The molecule has 4 aliphatic rings. The summed E-state index contributed by atoms with van der Waals surface area (Å²) in [6.45, 7) is 5.40. The van der Waals surface area contributed by atoms with Gasteiger partial charge in [-0.3, -0.25) is 39.1 Å². The van der Waals surface area contributed by atoms with Gasteiger partial charge >= 0.3 is 0 Å². The lowest BCUT2D eigenvalue weighted by molar-refractivity contribution is -0.134. The van der Waals surface area contributed by atoms with Crippen LogP contribution in [0.3, 0.4) is 0 Å². The second-order valence-corrected chi connectivity index (χ2v) is 15.9. The molecule has 2 saturated heterocycles. The first-order valence-corrected chi connectivity index (χ1v) is 20.0. The van der Waals surface area contributed by atoms with Gasteiger partial charge in [0.2, 0.25) is 11.8 Å². The maximum Gasteiger partial charge on any atom is 0.253 e. The molecule has 2 aromatic carbocycles. The third-order valence-corrected chi connectivity index (χ3v) is 12.3. The Morgan fingerprint density at radius 2 is 1.74 bits per heavy atom. The zero-order chi connectivity index (χ0) is 39.2. The van der Waals surface area contributed by atoms with E-state index in [0.717, 1.165) is 104 Å². The zero-order valence-corrected chi connectivity index (χ0v) is 31.9. The summed E-state index contributed by atoms with van der Waals surface area (Å²) in [5, 5.41) is 14.1. The number of nitrogens with one attached hydrogen (secondary N) is 4. The summed E-state index contributed by atoms with van der Waals surface area (Å²) in [7, 11) is 1.90. The van der Waals surface area contributed by atoms with Gasteiger partial charge in [0.05, 0.1) is 28.4 Å². The lowest BCUT2D eigenvalue weighted by Crippen LogP contribution is -2.48. The van der Waals surface area contributed by atoms with Crippen LogP contribution in [0.25, 0.3) is 33.4 Å². The van der Waals surface area contributed by atoms with Gasteiger partial charge in [0, 0.05) is 111 Å². The van der Waals surface area contributed by atoms with Crippen molar-refractivity contribution >= 4 is 40.2 Å². The van der Waals surface area contributed by atoms with Crippen LogP contribution < -0.4 is 20.9 Å². The second-order valence-electron chi connectivity index (χ2n) is 15.9. The predicted octanol–water partition coefficient (Wildman–Crippen LogP) is 4.69. The highest BCUT2D eigenvalue weighted by atomic mass is 19.1. The Balaban J connectivity index is 0.751. The van der Waals surface area contributed by atoms with Gasteiger partial charge < -0.3 is 20.5 Å². The van der Waals surface area contributed by atoms with Crippen LogP contribution in [0.1, 0.15) is 76.5 Å². The van der Waals surface area contributed by atoms with Crippen LogP contribution in [0, 0.1) is 11.7 Å². The van der Waals surface area contributed by atoms with E-state index in [4.69, 9.17) is 5.10 Å². The number of halogens is 1. The van der Waals surface area contributed by atoms with Crippen molar-refractivity contribution < 1.29 is 23.6 Å². The molecule has 6 heterocycles. The molecule has 1 aliphatic carbocycles. The maximum atomic E-state index is 15.5. The van der Waals surface area contributed by atoms with Crippen LogP contribution in [-0.2, 0) is 23.1 Å². The number of anilines is 1. The molecule has 294 valence electrons. The van der Waals surface area contributed by atoms with Crippen LogP contribution in [0.2, 0.25) is 0 Å². The van der Waals surface area contributed by atoms with E-state index in [0.29, 0.717) is 42.1 Å². The van der Waals surface area contributed by atoms with Crippen LogP contribution in [-0.4, -0.2) is 93.6 Å². The highest BCUT2D eigenvalue weighted by Crippen LogP contribution is 2.34. The Morgan fingerprint density at radius 3 is 2.51 bits per heavy atom. The highest BCUT2D eigenvalue weighted by Gasteiger charge is 2.32. The number of carbonyl (C=O) groups is 4. The van der Waals surface area contributed by atoms with Crippen molar-refractivity contribution in [3.05, 3.63) is 89.1 Å². The number of pyridine rings is 1. The van der Waals surface area contributed by atoms with E-state index in [-0.39, 0.29) is 35.2 Å². The van der Waals surface area contributed by atoms with Crippen molar-refractivity contribution in [1.29, 1.82) is 0 Å². The summed E-state index contributed by atoms with van der Waals surface area (Å²) < 4.78 is 17.3. The summed E-state index contributed by atoms with van der Waals surface area (Å²) in [6, 6.07) is 16.4. The Kier molecular flexibility index (Phi) is 9.81. The van der Waals surface area contributed by atoms with Crippen LogP contribution >= 0.6 is 0 Å². The van der Waals surface area contributed by atoms with Gasteiger partial charge in [0.1, 0.15) is 5.82 Å². The number of piperazine rings is 1. The van der Waals surface area contributed by atoms with Gasteiger partial charge in [-0.25, -0.2) is 4.39 Å². The first-order valence-electron chi connectivity index (χ1n) is 20.0. The molecule has 0 spiro atoms. The van der Waals surface area contributed by atoms with Crippen molar-refractivity contribution in [2.75, 3.05) is 44.2 Å². The summed E-state index contributed by atoms with van der Waals surface area (Å²) in [5.41, 5.74) is 6.97. The number of aromatic nitrogens is 4. The molecule has 0 radical (unpaired) electrons. The third-order valence-electron chi connectivity index (χ3n) is 12.3. The number of piperidine rings is 1. The molecule has 3 fully saturated rings. The van der Waals surface area contributed by atoms with Gasteiger partial charge in [0.15, 0.2) is 0 Å². The Bertz CT molecular complexity index is 2390. The van der Waals surface area contributed by atoms with E-state index in [1.807, 2.05) is 23.9 Å². The molecule has 1 unspecified atom stereocenters. The number of rotatable bonds is 8. The number of carbonyl (C=O) groups excluding carboxylic acids is 4. The molecule has 4 N–H and O–H groups in total. The largest absolute Gasteiger partial charge is 0.369 e. The van der Waals surface area contributed by atoms with Crippen molar-refractivity contribution in [2.24, 2.45) is 13.0 Å². The van der Waals surface area contributed by atoms with Crippen LogP contribution in [0.5, 0.6) is 0 Å². The number of amides is 4. The molecule has 9 rings (SSSR count). The van der Waals surface area contributed by atoms with E-state index in [9.17, 15) is 19.2 Å². The van der Waals surface area contributed by atoms with Crippen molar-refractivity contribution in [2.45, 2.75) is 56.9 Å². The number of fused-ring (bicyclic) bond motifs is 2. The standard InChI is InChI=1S/C43H46FN9O4/c1-51-38-22-29(7-9-31(38)40(50-51)32-10-11-39(54)49-43(32)57)53-18-16-52(17-19-53)24-25-2-5-28(6-3-25)47-41(55)27-4-8-30(34(44)20-27)37-21-26(12-14-45-37)36-23-33-35(48-36)13-15-46-42(33)56/h4,7-9,12,14,20-23,25,28,32,48H,2-3,5-6,10-11,13,15-19,24H2,1H3,(H,46,56)(H,47,55)(H,49,54,57)/t25-,28-,32?. The molecule has 13 nitrogen and oxygen atoms in total. The number of hydrogen-bond donors (Lipinski definition) is 4. The molecule has 1 saturated carbocycles. The van der Waals surface area contributed by atoms with E-state index < -0.39 is 11.7 Å². The molecular weight excluding hydrogens is 726 g/mol. The first-order chi connectivity index (χ1) is 27.7. The van der Waals surface area contributed by atoms with Crippen molar-refractivity contribution in [3.8, 4) is 22.5 Å². The summed E-state index contributed by atoms with van der Waals surface area (Å²) >= 11 is 0. The van der Waals surface area contributed by atoms with E-state index in [1.54, 1.807) is 24.4 Å². The molecule has 1 atom stereocenters. The number of nitrogens with zero attached hydrogens (tertiary/aromatic N) is 5. The second kappa shape index (κ2) is 15.2. The topological polar surface area (TPSA) is 157 Å². The number of hydrogen-bond acceptors (Lipinski definition) is 8. The molecule has 57 heavy (non-hydrogen) atoms. The van der Waals surface area contributed by atoms with Gasteiger partial charge in [-0.1, -0.05) is 0 Å². The number of imide groups is 1. The summed E-state index contributed by atoms with van der Waals surface area (Å²) in [4.78, 5) is 62.4. The van der Waals surface area contributed by atoms with E-state index in [2.05, 4.69) is 53.9 Å². The minimum absolute atomic E-state index is 0.0535. The molecule has 5 aromatic rings. The molecular formula is C43H46FN9O4. The first kappa shape index (κ1) is 36.7. The Morgan fingerprint density at radius 1 is 0.912 bits per heavy atom. The molecule has 0 bridgehead atoms. The van der Waals surface area contributed by atoms with Crippen molar-refractivity contribution in [1.82, 2.24) is 40.6 Å². The van der Waals surface area contributed by atoms with E-state index in [1.165, 1.54) is 6.07 Å². The number of aryl methyl sites for hydroxylation is 1. The summed E-state index contributed by atoms with van der Waals surface area (Å²) in [6.07, 6.45) is 6.99. The summed E-state index contributed by atoms with van der Waals surface area (Å²) in [5.74, 6) is -1.24. The molecule has 3 aromatic heterocycles. The SMILES string of the molecule is Cn1nc(C2CCC(=O)NC2=O)c2ccc(N3CCN(C[C@H]4CC[C@H](NC(=O)c5ccc(-c6cc(-c7cc8c([nH]7)CCNC8=O)ccn6)c(F)c5)CC4)CC3)cc21.